The van der Waals surface area contributed by atoms with E-state index in [1.54, 1.807) is 0 Å². The minimum Gasteiger partial charge on any atom is -0.258 e. The molecule has 0 aliphatic carbocycles. The van der Waals surface area contributed by atoms with Gasteiger partial charge in [-0.3, -0.25) is 4.40 Å². The molecule has 0 saturated heterocycles. The van der Waals surface area contributed by atoms with Gasteiger partial charge in [0.25, 0.3) is 0 Å². The molecule has 6 heteroatoms. The fourth-order valence-electron chi connectivity index (χ4n) is 2.46. The van der Waals surface area contributed by atoms with E-state index in [0.717, 1.165) is 22.7 Å². The Kier molecular flexibility index (Phi) is 4.30. The molecule has 23 heavy (non-hydrogen) atoms. The van der Waals surface area contributed by atoms with E-state index < -0.39 is 0 Å². The van der Waals surface area contributed by atoms with E-state index in [1.165, 1.54) is 17.3 Å². The smallest absolute Gasteiger partial charge is 0.198 e. The van der Waals surface area contributed by atoms with Gasteiger partial charge in [0.2, 0.25) is 0 Å². The Morgan fingerprint density at radius 2 is 1.91 bits per heavy atom. The summed E-state index contributed by atoms with van der Waals surface area (Å²) in [6.07, 6.45) is 0.675. The lowest BCUT2D eigenvalue weighted by Gasteiger charge is -2.09. The van der Waals surface area contributed by atoms with Crippen LogP contribution in [0.1, 0.15) is 22.6 Å². The molecule has 1 aromatic carbocycles. The second-order valence-corrected chi connectivity index (χ2v) is 6.72. The first-order chi connectivity index (χ1) is 11.1. The van der Waals surface area contributed by atoms with Crippen molar-refractivity contribution in [2.45, 2.75) is 37.6 Å². The average molecular weight is 323 g/mol. The van der Waals surface area contributed by atoms with E-state index in [-0.39, 0.29) is 5.25 Å². The van der Waals surface area contributed by atoms with Crippen LogP contribution in [0.3, 0.4) is 0 Å². The lowest BCUT2D eigenvalue weighted by Crippen LogP contribution is -2.06. The second kappa shape index (κ2) is 6.39. The summed E-state index contributed by atoms with van der Waals surface area (Å²) in [5, 5.41) is 18.4. The van der Waals surface area contributed by atoms with Gasteiger partial charge in [0.15, 0.2) is 10.8 Å². The summed E-state index contributed by atoms with van der Waals surface area (Å²) in [7, 11) is 0. The van der Waals surface area contributed by atoms with Crippen LogP contribution in [0, 0.1) is 32.1 Å². The predicted molar refractivity (Wildman–Crippen MR) is 90.4 cm³/mol. The van der Waals surface area contributed by atoms with Gasteiger partial charge in [-0.25, -0.2) is 4.98 Å². The van der Waals surface area contributed by atoms with Crippen molar-refractivity contribution in [3.05, 3.63) is 53.0 Å². The van der Waals surface area contributed by atoms with Gasteiger partial charge in [-0.05, 0) is 32.8 Å². The third-order valence-electron chi connectivity index (χ3n) is 3.59. The van der Waals surface area contributed by atoms with Crippen LogP contribution < -0.4 is 0 Å². The van der Waals surface area contributed by atoms with E-state index >= 15 is 0 Å². The molecule has 1 unspecified atom stereocenters. The number of nitriles is 1. The molecule has 116 valence electrons. The first kappa shape index (κ1) is 15.5. The van der Waals surface area contributed by atoms with Crippen molar-refractivity contribution in [3.63, 3.8) is 0 Å². The number of thioether (sulfide) groups is 1. The zero-order valence-electron chi connectivity index (χ0n) is 13.3. The summed E-state index contributed by atoms with van der Waals surface area (Å²) in [6, 6.07) is 12.5. The lowest BCUT2D eigenvalue weighted by molar-refractivity contribution is 0.849. The predicted octanol–water partition coefficient (Wildman–Crippen LogP) is 3.28. The van der Waals surface area contributed by atoms with E-state index in [4.69, 9.17) is 0 Å². The van der Waals surface area contributed by atoms with Crippen LogP contribution in [0.15, 0.2) is 35.5 Å². The molecule has 0 saturated carbocycles. The number of hydrogen-bond acceptors (Lipinski definition) is 5. The molecule has 2 heterocycles. The van der Waals surface area contributed by atoms with Crippen LogP contribution in [-0.2, 0) is 6.42 Å². The van der Waals surface area contributed by atoms with Gasteiger partial charge in [0.1, 0.15) is 11.1 Å². The maximum absolute atomic E-state index is 9.48. The van der Waals surface area contributed by atoms with Gasteiger partial charge in [0, 0.05) is 11.8 Å². The number of hydrogen-bond donors (Lipinski definition) is 0. The summed E-state index contributed by atoms with van der Waals surface area (Å²) in [5.41, 5.74) is 4.05. The Balaban J connectivity index is 1.85. The molecule has 5 nitrogen and oxygen atoms in total. The molecule has 0 aliphatic rings. The SMILES string of the molecule is Cc1ccc(CC(C#N)Sc2nnc3cc(C)nc(C)n23)cc1. The fraction of sp³-hybridized carbons (Fsp3) is 0.294. The molecule has 3 aromatic rings. The minimum absolute atomic E-state index is 0.217. The van der Waals surface area contributed by atoms with Crippen LogP contribution in [0.4, 0.5) is 0 Å². The minimum atomic E-state index is -0.217. The second-order valence-electron chi connectivity index (χ2n) is 5.55. The Bertz CT molecular complexity index is 876. The third kappa shape index (κ3) is 3.35. The largest absolute Gasteiger partial charge is 0.258 e. The topological polar surface area (TPSA) is 66.9 Å². The third-order valence-corrected chi connectivity index (χ3v) is 4.62. The van der Waals surface area contributed by atoms with Crippen LogP contribution >= 0.6 is 11.8 Å². The lowest BCUT2D eigenvalue weighted by atomic mass is 10.1. The van der Waals surface area contributed by atoms with Crippen LogP contribution in [-0.4, -0.2) is 24.8 Å². The number of aromatic nitrogens is 4. The molecule has 1 atom stereocenters. The van der Waals surface area contributed by atoms with E-state index in [1.807, 2.05) is 24.3 Å². The number of aryl methyl sites for hydroxylation is 3. The first-order valence-corrected chi connectivity index (χ1v) is 8.26. The van der Waals surface area contributed by atoms with Crippen molar-refractivity contribution in [1.82, 2.24) is 19.6 Å². The summed E-state index contributed by atoms with van der Waals surface area (Å²) in [6.45, 7) is 5.92. The Morgan fingerprint density at radius 1 is 1.17 bits per heavy atom. The van der Waals surface area contributed by atoms with Gasteiger partial charge in [-0.1, -0.05) is 41.6 Å². The van der Waals surface area contributed by atoms with Gasteiger partial charge in [-0.2, -0.15) is 5.26 Å². The van der Waals surface area contributed by atoms with Crippen molar-refractivity contribution in [2.24, 2.45) is 0 Å². The summed E-state index contributed by atoms with van der Waals surface area (Å²) in [5.74, 6) is 0.833. The summed E-state index contributed by atoms with van der Waals surface area (Å²) in [4.78, 5) is 4.45. The highest BCUT2D eigenvalue weighted by Crippen LogP contribution is 2.25. The van der Waals surface area contributed by atoms with Crippen LogP contribution in [0.2, 0.25) is 0 Å². The summed E-state index contributed by atoms with van der Waals surface area (Å²) < 4.78 is 1.90. The van der Waals surface area contributed by atoms with Crippen LogP contribution in [0.5, 0.6) is 0 Å². The highest BCUT2D eigenvalue weighted by molar-refractivity contribution is 8.00. The number of rotatable bonds is 4. The normalized spacial score (nSPS) is 12.3. The van der Waals surface area contributed by atoms with Crippen molar-refractivity contribution < 1.29 is 0 Å². The highest BCUT2D eigenvalue weighted by Gasteiger charge is 2.17. The zero-order chi connectivity index (χ0) is 16.4. The quantitative estimate of drug-likeness (QED) is 0.689. The Morgan fingerprint density at radius 3 is 2.61 bits per heavy atom. The van der Waals surface area contributed by atoms with E-state index in [0.29, 0.717) is 11.6 Å². The molecule has 0 N–H and O–H groups in total. The van der Waals surface area contributed by atoms with Gasteiger partial charge in [0.05, 0.1) is 6.07 Å². The Hall–Kier alpha value is -2.39. The zero-order valence-corrected chi connectivity index (χ0v) is 14.1. The maximum atomic E-state index is 9.48. The van der Waals surface area contributed by atoms with E-state index in [2.05, 4.69) is 52.4 Å². The molecule has 0 amide bonds. The van der Waals surface area contributed by atoms with Crippen molar-refractivity contribution in [2.75, 3.05) is 0 Å². The molecular weight excluding hydrogens is 306 g/mol. The van der Waals surface area contributed by atoms with Crippen molar-refractivity contribution in [3.8, 4) is 6.07 Å². The molecule has 0 radical (unpaired) electrons. The number of nitrogens with zero attached hydrogens (tertiary/aromatic N) is 5. The standard InChI is InChI=1S/C17H17N5S/c1-11-4-6-14(7-5-11)9-15(10-18)23-17-21-20-16-8-12(2)19-13(3)22(16)17/h4-8,15H,9H2,1-3H3. The van der Waals surface area contributed by atoms with Gasteiger partial charge < -0.3 is 0 Å². The van der Waals surface area contributed by atoms with Crippen molar-refractivity contribution in [1.29, 1.82) is 5.26 Å². The maximum Gasteiger partial charge on any atom is 0.198 e. The average Bonchev–Trinajstić information content (AvgIpc) is 2.91. The molecule has 0 bridgehead atoms. The van der Waals surface area contributed by atoms with Crippen molar-refractivity contribution >= 4 is 17.4 Å². The number of benzene rings is 1. The Labute approximate surface area is 139 Å². The molecule has 0 aliphatic heterocycles. The monoisotopic (exact) mass is 323 g/mol. The molecule has 2 aromatic heterocycles. The first-order valence-electron chi connectivity index (χ1n) is 7.38. The number of fused-ring (bicyclic) bond motifs is 1. The molecule has 0 spiro atoms. The van der Waals surface area contributed by atoms with E-state index in [9.17, 15) is 5.26 Å². The molecular formula is C17H17N5S. The summed E-state index contributed by atoms with van der Waals surface area (Å²) >= 11 is 1.43. The fourth-order valence-corrected chi connectivity index (χ4v) is 3.46. The van der Waals surface area contributed by atoms with Gasteiger partial charge >= 0.3 is 0 Å². The molecule has 0 fully saturated rings. The molecule has 3 rings (SSSR count). The van der Waals surface area contributed by atoms with Gasteiger partial charge in [-0.15, -0.1) is 10.2 Å². The van der Waals surface area contributed by atoms with Crippen LogP contribution in [0.25, 0.3) is 5.65 Å². The highest BCUT2D eigenvalue weighted by atomic mass is 32.2.